The normalized spacial score (nSPS) is 24.1. The molecule has 3 N–H and O–H groups in total. The highest BCUT2D eigenvalue weighted by Gasteiger charge is 2.39. The monoisotopic (exact) mass is 386 g/mol. The number of hydrogen-bond donors (Lipinski definition) is 3. The summed E-state index contributed by atoms with van der Waals surface area (Å²) in [7, 11) is 0. The van der Waals surface area contributed by atoms with Gasteiger partial charge in [0, 0.05) is 6.61 Å². The second-order valence-corrected chi connectivity index (χ2v) is 7.73. The van der Waals surface area contributed by atoms with Gasteiger partial charge in [0.2, 0.25) is 0 Å². The van der Waals surface area contributed by atoms with Gasteiger partial charge in [-0.2, -0.15) is 0 Å². The van der Waals surface area contributed by atoms with E-state index in [9.17, 15) is 15.3 Å². The minimum absolute atomic E-state index is 0.0684. The van der Waals surface area contributed by atoms with Crippen LogP contribution in [0.1, 0.15) is 84.0 Å². The van der Waals surface area contributed by atoms with E-state index in [0.717, 1.165) is 12.8 Å². The molecule has 0 aromatic carbocycles. The largest absolute Gasteiger partial charge is 0.388 e. The molecule has 0 aromatic heterocycles. The Morgan fingerprint density at radius 1 is 0.926 bits per heavy atom. The molecule has 1 rings (SSSR count). The molecule has 1 heterocycles. The van der Waals surface area contributed by atoms with Gasteiger partial charge in [-0.1, -0.05) is 70.4 Å². The third kappa shape index (κ3) is 11.9. The van der Waals surface area contributed by atoms with E-state index >= 15 is 0 Å². The van der Waals surface area contributed by atoms with Crippen molar-refractivity contribution in [2.45, 2.75) is 108 Å². The van der Waals surface area contributed by atoms with Crippen molar-refractivity contribution in [3.63, 3.8) is 0 Å². The Balaban J connectivity index is 1.79. The SMILES string of the molecule is CCC/C=C/CCCCCCCCCCCOC[C@@H](O)[C@@H]1OC[C@H](O)[C@@H]1O. The highest BCUT2D eigenvalue weighted by atomic mass is 16.5. The lowest BCUT2D eigenvalue weighted by atomic mass is 10.1. The molecule has 1 aliphatic heterocycles. The highest BCUT2D eigenvalue weighted by molar-refractivity contribution is 4.87. The summed E-state index contributed by atoms with van der Waals surface area (Å²) in [6, 6.07) is 0. The van der Waals surface area contributed by atoms with Crippen LogP contribution in [-0.2, 0) is 9.47 Å². The van der Waals surface area contributed by atoms with Gasteiger partial charge in [-0.05, 0) is 25.7 Å². The molecule has 0 spiro atoms. The van der Waals surface area contributed by atoms with E-state index in [4.69, 9.17) is 9.47 Å². The smallest absolute Gasteiger partial charge is 0.114 e. The van der Waals surface area contributed by atoms with E-state index in [-0.39, 0.29) is 13.2 Å². The second kappa shape index (κ2) is 16.5. The summed E-state index contributed by atoms with van der Waals surface area (Å²) in [4.78, 5) is 0. The van der Waals surface area contributed by atoms with E-state index in [0.29, 0.717) is 6.61 Å². The first-order valence-corrected chi connectivity index (χ1v) is 11.0. The average molecular weight is 387 g/mol. The summed E-state index contributed by atoms with van der Waals surface area (Å²) in [5.74, 6) is 0. The molecule has 1 saturated heterocycles. The molecule has 4 atom stereocenters. The molecule has 160 valence electrons. The van der Waals surface area contributed by atoms with E-state index in [1.54, 1.807) is 0 Å². The number of aliphatic hydroxyl groups is 3. The van der Waals surface area contributed by atoms with Crippen LogP contribution in [0.25, 0.3) is 0 Å². The summed E-state index contributed by atoms with van der Waals surface area (Å²) >= 11 is 0. The van der Waals surface area contributed by atoms with E-state index < -0.39 is 24.4 Å². The zero-order valence-corrected chi connectivity index (χ0v) is 17.2. The van der Waals surface area contributed by atoms with Gasteiger partial charge in [-0.25, -0.2) is 0 Å². The molecule has 5 heteroatoms. The third-order valence-electron chi connectivity index (χ3n) is 5.14. The van der Waals surface area contributed by atoms with Crippen LogP contribution in [0, 0.1) is 0 Å². The first kappa shape index (κ1) is 24.6. The molecule has 0 unspecified atom stereocenters. The second-order valence-electron chi connectivity index (χ2n) is 7.73. The molecule has 1 fully saturated rings. The van der Waals surface area contributed by atoms with Crippen molar-refractivity contribution in [3.05, 3.63) is 12.2 Å². The van der Waals surface area contributed by atoms with Crippen molar-refractivity contribution >= 4 is 0 Å². The van der Waals surface area contributed by atoms with E-state index in [1.807, 2.05) is 0 Å². The van der Waals surface area contributed by atoms with Crippen LogP contribution in [0.2, 0.25) is 0 Å². The predicted molar refractivity (Wildman–Crippen MR) is 109 cm³/mol. The van der Waals surface area contributed by atoms with Crippen LogP contribution in [0.5, 0.6) is 0 Å². The fourth-order valence-corrected chi connectivity index (χ4v) is 3.37. The van der Waals surface area contributed by atoms with Crippen LogP contribution < -0.4 is 0 Å². The Kier molecular flexibility index (Phi) is 15.0. The van der Waals surface area contributed by atoms with Crippen molar-refractivity contribution in [2.75, 3.05) is 19.8 Å². The van der Waals surface area contributed by atoms with Gasteiger partial charge in [0.25, 0.3) is 0 Å². The number of unbranched alkanes of at least 4 members (excludes halogenated alkanes) is 10. The molecular formula is C22H42O5. The lowest BCUT2D eigenvalue weighted by Gasteiger charge is -2.20. The van der Waals surface area contributed by atoms with Crippen LogP contribution in [-0.4, -0.2) is 59.6 Å². The van der Waals surface area contributed by atoms with Gasteiger partial charge in [0.1, 0.15) is 24.4 Å². The minimum Gasteiger partial charge on any atom is -0.388 e. The number of hydrogen-bond acceptors (Lipinski definition) is 5. The van der Waals surface area contributed by atoms with Gasteiger partial charge in [0.15, 0.2) is 0 Å². The van der Waals surface area contributed by atoms with Crippen molar-refractivity contribution in [1.29, 1.82) is 0 Å². The molecule has 1 aliphatic rings. The molecule has 0 radical (unpaired) electrons. The molecular weight excluding hydrogens is 344 g/mol. The average Bonchev–Trinajstić information content (AvgIpc) is 3.00. The fourth-order valence-electron chi connectivity index (χ4n) is 3.37. The van der Waals surface area contributed by atoms with Crippen LogP contribution in [0.15, 0.2) is 12.2 Å². The zero-order chi connectivity index (χ0) is 19.7. The molecule has 0 aliphatic carbocycles. The zero-order valence-electron chi connectivity index (χ0n) is 17.2. The third-order valence-corrected chi connectivity index (χ3v) is 5.14. The predicted octanol–water partition coefficient (Wildman–Crippen LogP) is 3.74. The number of ether oxygens (including phenoxy) is 2. The Morgan fingerprint density at radius 2 is 1.52 bits per heavy atom. The van der Waals surface area contributed by atoms with Crippen LogP contribution in [0.4, 0.5) is 0 Å². The maximum Gasteiger partial charge on any atom is 0.114 e. The Morgan fingerprint density at radius 3 is 2.11 bits per heavy atom. The van der Waals surface area contributed by atoms with Crippen molar-refractivity contribution < 1.29 is 24.8 Å². The number of aliphatic hydroxyl groups excluding tert-OH is 3. The number of rotatable bonds is 17. The first-order valence-electron chi connectivity index (χ1n) is 11.0. The first-order chi connectivity index (χ1) is 13.2. The molecule has 0 amide bonds. The van der Waals surface area contributed by atoms with Crippen molar-refractivity contribution in [3.8, 4) is 0 Å². The Labute approximate surface area is 165 Å². The summed E-state index contributed by atoms with van der Waals surface area (Å²) in [5, 5.41) is 29.0. The van der Waals surface area contributed by atoms with Gasteiger partial charge in [0.05, 0.1) is 13.2 Å². The molecule has 0 saturated carbocycles. The Hall–Kier alpha value is -0.460. The maximum atomic E-state index is 9.93. The van der Waals surface area contributed by atoms with E-state index in [2.05, 4.69) is 19.1 Å². The number of allylic oxidation sites excluding steroid dienone is 2. The molecule has 0 aromatic rings. The summed E-state index contributed by atoms with van der Waals surface area (Å²) < 4.78 is 10.7. The Bertz CT molecular complexity index is 361. The van der Waals surface area contributed by atoms with Crippen molar-refractivity contribution in [2.24, 2.45) is 0 Å². The summed E-state index contributed by atoms with van der Waals surface area (Å²) in [6.45, 7) is 3.04. The van der Waals surface area contributed by atoms with Gasteiger partial charge in [-0.15, -0.1) is 0 Å². The lowest BCUT2D eigenvalue weighted by molar-refractivity contribution is -0.0813. The van der Waals surface area contributed by atoms with Crippen LogP contribution in [0.3, 0.4) is 0 Å². The molecule has 0 bridgehead atoms. The van der Waals surface area contributed by atoms with Gasteiger partial charge < -0.3 is 24.8 Å². The fraction of sp³-hybridized carbons (Fsp3) is 0.909. The highest BCUT2D eigenvalue weighted by Crippen LogP contribution is 2.18. The standard InChI is InChI=1S/C22H42O5/c1-2-3-4-5-6-7-8-9-10-11-12-13-14-15-16-26-17-20(24)22-21(25)19(23)18-27-22/h4-5,19-25H,2-3,6-18H2,1H3/b5-4+/t19-,20+,21-,22-/m0/s1. The summed E-state index contributed by atoms with van der Waals surface area (Å²) in [5.41, 5.74) is 0. The molecule has 5 nitrogen and oxygen atoms in total. The molecule has 27 heavy (non-hydrogen) atoms. The van der Waals surface area contributed by atoms with E-state index in [1.165, 1.54) is 64.2 Å². The summed E-state index contributed by atoms with van der Waals surface area (Å²) in [6.07, 6.45) is 16.1. The van der Waals surface area contributed by atoms with Crippen LogP contribution >= 0.6 is 0 Å². The lowest BCUT2D eigenvalue weighted by Crippen LogP contribution is -2.40. The minimum atomic E-state index is -1.03. The van der Waals surface area contributed by atoms with Gasteiger partial charge in [-0.3, -0.25) is 0 Å². The quantitative estimate of drug-likeness (QED) is 0.262. The maximum absolute atomic E-state index is 9.93. The van der Waals surface area contributed by atoms with Crippen molar-refractivity contribution in [1.82, 2.24) is 0 Å². The van der Waals surface area contributed by atoms with Gasteiger partial charge >= 0.3 is 0 Å². The topological polar surface area (TPSA) is 79.2 Å².